The van der Waals surface area contributed by atoms with Crippen molar-refractivity contribution in [3.8, 4) is 0 Å². The maximum absolute atomic E-state index is 5.83. The molecular formula is C16H24BrN3. The highest BCUT2D eigenvalue weighted by molar-refractivity contribution is 9.10. The van der Waals surface area contributed by atoms with Crippen molar-refractivity contribution in [2.75, 3.05) is 25.4 Å². The number of anilines is 1. The maximum Gasteiger partial charge on any atom is 0.0325 e. The molecule has 0 bridgehead atoms. The van der Waals surface area contributed by atoms with E-state index in [9.17, 15) is 0 Å². The molecule has 0 amide bonds. The van der Waals surface area contributed by atoms with Gasteiger partial charge < -0.3 is 5.73 Å². The summed E-state index contributed by atoms with van der Waals surface area (Å²) < 4.78 is 1.13. The molecule has 0 aliphatic carbocycles. The van der Waals surface area contributed by atoms with Crippen molar-refractivity contribution in [1.82, 2.24) is 9.80 Å². The summed E-state index contributed by atoms with van der Waals surface area (Å²) in [6.45, 7) is 7.10. The van der Waals surface area contributed by atoms with E-state index in [0.29, 0.717) is 6.04 Å². The smallest absolute Gasteiger partial charge is 0.0325 e. The summed E-state index contributed by atoms with van der Waals surface area (Å²) >= 11 is 3.65. The zero-order valence-corrected chi connectivity index (χ0v) is 13.8. The second-order valence-electron chi connectivity index (χ2n) is 6.27. The highest BCUT2D eigenvalue weighted by atomic mass is 79.9. The van der Waals surface area contributed by atoms with Crippen LogP contribution in [0.3, 0.4) is 0 Å². The molecule has 2 saturated heterocycles. The lowest BCUT2D eigenvalue weighted by Gasteiger charge is -2.47. The standard InChI is InChI=1S/C16H24BrN3/c1-12-9-19-7-3-2-4-15(19)11-20(12)10-13-5-6-14(18)8-16(13)17/h5-6,8,12,15H,2-4,7,9-11,18H2,1H3. The SMILES string of the molecule is CC1CN2CCCCC2CN1Cc1ccc(N)cc1Br. The molecule has 20 heavy (non-hydrogen) atoms. The zero-order valence-electron chi connectivity index (χ0n) is 12.2. The van der Waals surface area contributed by atoms with Crippen molar-refractivity contribution in [3.63, 3.8) is 0 Å². The van der Waals surface area contributed by atoms with Gasteiger partial charge in [0.15, 0.2) is 0 Å². The van der Waals surface area contributed by atoms with Gasteiger partial charge in [0, 0.05) is 41.9 Å². The van der Waals surface area contributed by atoms with E-state index < -0.39 is 0 Å². The molecule has 3 nitrogen and oxygen atoms in total. The minimum atomic E-state index is 0.633. The first kappa shape index (κ1) is 14.4. The molecule has 0 radical (unpaired) electrons. The molecule has 0 aromatic heterocycles. The molecule has 0 saturated carbocycles. The summed E-state index contributed by atoms with van der Waals surface area (Å²) in [4.78, 5) is 5.32. The Kier molecular flexibility index (Phi) is 4.34. The molecule has 1 aromatic carbocycles. The average molecular weight is 338 g/mol. The van der Waals surface area contributed by atoms with Gasteiger partial charge in [0.2, 0.25) is 0 Å². The normalized spacial score (nSPS) is 28.3. The van der Waals surface area contributed by atoms with Crippen LogP contribution in [0.1, 0.15) is 31.7 Å². The van der Waals surface area contributed by atoms with Crippen molar-refractivity contribution in [2.24, 2.45) is 0 Å². The van der Waals surface area contributed by atoms with Crippen molar-refractivity contribution in [3.05, 3.63) is 28.2 Å². The molecule has 2 heterocycles. The molecule has 2 fully saturated rings. The lowest BCUT2D eigenvalue weighted by molar-refractivity contribution is 0.0110. The quantitative estimate of drug-likeness (QED) is 0.841. The number of hydrogen-bond donors (Lipinski definition) is 1. The van der Waals surface area contributed by atoms with Crippen LogP contribution in [0, 0.1) is 0 Å². The van der Waals surface area contributed by atoms with Crippen LogP contribution >= 0.6 is 15.9 Å². The molecule has 2 N–H and O–H groups in total. The Balaban J connectivity index is 1.70. The minimum absolute atomic E-state index is 0.633. The third-order valence-corrected chi connectivity index (χ3v) is 5.51. The largest absolute Gasteiger partial charge is 0.399 e. The van der Waals surface area contributed by atoms with Crippen LogP contribution in [0.15, 0.2) is 22.7 Å². The second kappa shape index (κ2) is 6.04. The molecular weight excluding hydrogens is 314 g/mol. The van der Waals surface area contributed by atoms with Crippen molar-refractivity contribution < 1.29 is 0 Å². The molecule has 2 unspecified atom stereocenters. The Hall–Kier alpha value is -0.580. The number of nitrogens with two attached hydrogens (primary N) is 1. The fraction of sp³-hybridized carbons (Fsp3) is 0.625. The van der Waals surface area contributed by atoms with Gasteiger partial charge in [-0.25, -0.2) is 0 Å². The van der Waals surface area contributed by atoms with Crippen LogP contribution < -0.4 is 5.73 Å². The van der Waals surface area contributed by atoms with Gasteiger partial charge in [-0.05, 0) is 44.0 Å². The topological polar surface area (TPSA) is 32.5 Å². The zero-order chi connectivity index (χ0) is 14.1. The molecule has 3 rings (SSSR count). The Bertz CT molecular complexity index is 477. The van der Waals surface area contributed by atoms with E-state index >= 15 is 0 Å². The van der Waals surface area contributed by atoms with Crippen LogP contribution in [0.4, 0.5) is 5.69 Å². The fourth-order valence-electron chi connectivity index (χ4n) is 3.54. The van der Waals surface area contributed by atoms with Crippen LogP contribution in [-0.4, -0.2) is 41.5 Å². The molecule has 0 spiro atoms. The second-order valence-corrected chi connectivity index (χ2v) is 7.13. The average Bonchev–Trinajstić information content (AvgIpc) is 2.42. The lowest BCUT2D eigenvalue weighted by Crippen LogP contribution is -2.58. The summed E-state index contributed by atoms with van der Waals surface area (Å²) in [5.41, 5.74) is 7.99. The van der Waals surface area contributed by atoms with Gasteiger partial charge in [-0.2, -0.15) is 0 Å². The van der Waals surface area contributed by atoms with Crippen LogP contribution in [-0.2, 0) is 6.54 Å². The van der Waals surface area contributed by atoms with Gasteiger partial charge in [0.05, 0.1) is 0 Å². The first-order valence-electron chi connectivity index (χ1n) is 7.65. The minimum Gasteiger partial charge on any atom is -0.399 e. The third-order valence-electron chi connectivity index (χ3n) is 4.77. The van der Waals surface area contributed by atoms with Gasteiger partial charge in [-0.3, -0.25) is 9.80 Å². The lowest BCUT2D eigenvalue weighted by atomic mass is 9.96. The molecule has 110 valence electrons. The number of hydrogen-bond acceptors (Lipinski definition) is 3. The van der Waals surface area contributed by atoms with Crippen molar-refractivity contribution in [1.29, 1.82) is 0 Å². The van der Waals surface area contributed by atoms with Crippen LogP contribution in [0.2, 0.25) is 0 Å². The maximum atomic E-state index is 5.83. The number of piperazine rings is 1. The van der Waals surface area contributed by atoms with E-state index in [1.54, 1.807) is 0 Å². The van der Waals surface area contributed by atoms with E-state index in [2.05, 4.69) is 38.7 Å². The first-order valence-corrected chi connectivity index (χ1v) is 8.45. The molecule has 2 aliphatic rings. The monoisotopic (exact) mass is 337 g/mol. The third kappa shape index (κ3) is 3.02. The Labute approximate surface area is 130 Å². The summed E-state index contributed by atoms with van der Waals surface area (Å²) in [5, 5.41) is 0. The summed E-state index contributed by atoms with van der Waals surface area (Å²) in [6, 6.07) is 7.57. The summed E-state index contributed by atoms with van der Waals surface area (Å²) in [7, 11) is 0. The van der Waals surface area contributed by atoms with E-state index in [1.807, 2.05) is 12.1 Å². The van der Waals surface area contributed by atoms with Crippen LogP contribution in [0.25, 0.3) is 0 Å². The number of halogens is 1. The van der Waals surface area contributed by atoms with Gasteiger partial charge >= 0.3 is 0 Å². The highest BCUT2D eigenvalue weighted by Crippen LogP contribution is 2.27. The number of benzene rings is 1. The molecule has 4 heteroatoms. The number of nitrogen functional groups attached to an aromatic ring is 1. The van der Waals surface area contributed by atoms with Gasteiger partial charge in [-0.15, -0.1) is 0 Å². The number of piperidine rings is 1. The van der Waals surface area contributed by atoms with Gasteiger partial charge in [0.25, 0.3) is 0 Å². The van der Waals surface area contributed by atoms with Crippen molar-refractivity contribution >= 4 is 21.6 Å². The van der Waals surface area contributed by atoms with E-state index in [-0.39, 0.29) is 0 Å². The van der Waals surface area contributed by atoms with Gasteiger partial charge in [-0.1, -0.05) is 28.4 Å². The summed E-state index contributed by atoms with van der Waals surface area (Å²) in [6.07, 6.45) is 4.15. The van der Waals surface area contributed by atoms with E-state index in [1.165, 1.54) is 44.5 Å². The Morgan fingerprint density at radius 2 is 2.15 bits per heavy atom. The highest BCUT2D eigenvalue weighted by Gasteiger charge is 2.32. The predicted octanol–water partition coefficient (Wildman–Crippen LogP) is 3.09. The molecule has 2 atom stereocenters. The Morgan fingerprint density at radius 1 is 1.30 bits per heavy atom. The number of rotatable bonds is 2. The fourth-order valence-corrected chi connectivity index (χ4v) is 4.07. The van der Waals surface area contributed by atoms with Crippen molar-refractivity contribution in [2.45, 2.75) is 44.8 Å². The van der Waals surface area contributed by atoms with E-state index in [4.69, 9.17) is 5.73 Å². The Morgan fingerprint density at radius 3 is 2.95 bits per heavy atom. The van der Waals surface area contributed by atoms with Crippen LogP contribution in [0.5, 0.6) is 0 Å². The molecule has 2 aliphatic heterocycles. The summed E-state index contributed by atoms with van der Waals surface area (Å²) in [5.74, 6) is 0. The predicted molar refractivity (Wildman–Crippen MR) is 87.6 cm³/mol. The number of fused-ring (bicyclic) bond motifs is 1. The van der Waals surface area contributed by atoms with Gasteiger partial charge in [0.1, 0.15) is 0 Å². The molecule has 1 aromatic rings. The van der Waals surface area contributed by atoms with E-state index in [0.717, 1.165) is 22.7 Å². The first-order chi connectivity index (χ1) is 9.63. The number of nitrogens with zero attached hydrogens (tertiary/aromatic N) is 2.